The Balaban J connectivity index is 1.33. The monoisotopic (exact) mass is 524 g/mol. The van der Waals surface area contributed by atoms with Crippen LogP contribution in [0.5, 0.6) is 11.5 Å². The maximum Gasteiger partial charge on any atom is 0.231 e. The standard InChI is InChI=1S/C30H34F2N2O4/c1-2-20-5-3-7-22(11-20)17-33-18-27(35)26(14-23-12-24(31)16-25(32)13-23)34-30(36)8-4-6-21-9-10-28-29(15-21)38-19-37-28/h3,5,7,9-13,15-16,26-27,33,35H,2,4,6,8,14,17-19H2,1H3,(H,34,36). The van der Waals surface area contributed by atoms with E-state index in [1.807, 2.05) is 30.3 Å². The molecule has 2 atom stereocenters. The van der Waals surface area contributed by atoms with Crippen molar-refractivity contribution in [1.82, 2.24) is 10.6 Å². The van der Waals surface area contributed by atoms with Crippen molar-refractivity contribution in [2.75, 3.05) is 13.3 Å². The van der Waals surface area contributed by atoms with Gasteiger partial charge in [0.05, 0.1) is 12.1 Å². The van der Waals surface area contributed by atoms with Gasteiger partial charge in [-0.2, -0.15) is 0 Å². The van der Waals surface area contributed by atoms with Crippen molar-refractivity contribution in [1.29, 1.82) is 0 Å². The molecule has 1 aliphatic heterocycles. The molecular formula is C30H34F2N2O4. The fraction of sp³-hybridized carbons (Fsp3) is 0.367. The Morgan fingerprint density at radius 1 is 0.947 bits per heavy atom. The van der Waals surface area contributed by atoms with E-state index in [1.165, 1.54) is 17.7 Å². The second-order valence-electron chi connectivity index (χ2n) is 9.57. The lowest BCUT2D eigenvalue weighted by atomic mass is 10.00. The summed E-state index contributed by atoms with van der Waals surface area (Å²) in [4.78, 5) is 12.8. The minimum atomic E-state index is -0.964. The minimum Gasteiger partial charge on any atom is -0.454 e. The fourth-order valence-corrected chi connectivity index (χ4v) is 4.56. The van der Waals surface area contributed by atoms with E-state index in [1.54, 1.807) is 0 Å². The first-order valence-electron chi connectivity index (χ1n) is 13.0. The van der Waals surface area contributed by atoms with Gasteiger partial charge in [0.15, 0.2) is 11.5 Å². The Labute approximate surface area is 222 Å². The van der Waals surface area contributed by atoms with Gasteiger partial charge in [-0.05, 0) is 72.2 Å². The number of fused-ring (bicyclic) bond motifs is 1. The third-order valence-corrected chi connectivity index (χ3v) is 6.58. The molecule has 8 heteroatoms. The molecule has 0 saturated heterocycles. The van der Waals surface area contributed by atoms with Gasteiger partial charge in [0.1, 0.15) is 11.6 Å². The number of carbonyl (C=O) groups excluding carboxylic acids is 1. The van der Waals surface area contributed by atoms with E-state index < -0.39 is 23.8 Å². The molecule has 6 nitrogen and oxygen atoms in total. The van der Waals surface area contributed by atoms with Crippen LogP contribution in [0.25, 0.3) is 0 Å². The molecule has 1 heterocycles. The molecule has 2 unspecified atom stereocenters. The number of nitrogens with one attached hydrogen (secondary N) is 2. The maximum absolute atomic E-state index is 13.8. The number of hydrogen-bond acceptors (Lipinski definition) is 5. The molecule has 0 fully saturated rings. The normalized spacial score (nSPS) is 13.8. The molecule has 3 aromatic rings. The Hall–Kier alpha value is -3.49. The van der Waals surface area contributed by atoms with E-state index in [0.717, 1.165) is 23.6 Å². The largest absolute Gasteiger partial charge is 0.454 e. The van der Waals surface area contributed by atoms with Crippen molar-refractivity contribution in [2.24, 2.45) is 0 Å². The smallest absolute Gasteiger partial charge is 0.231 e. The maximum atomic E-state index is 13.8. The van der Waals surface area contributed by atoms with Crippen LogP contribution < -0.4 is 20.1 Å². The predicted molar refractivity (Wildman–Crippen MR) is 141 cm³/mol. The quantitative estimate of drug-likeness (QED) is 0.308. The van der Waals surface area contributed by atoms with Crippen molar-refractivity contribution in [2.45, 2.75) is 57.7 Å². The van der Waals surface area contributed by atoms with Crippen LogP contribution in [0.2, 0.25) is 0 Å². The summed E-state index contributed by atoms with van der Waals surface area (Å²) in [5.74, 6) is -0.216. The number of amides is 1. The Morgan fingerprint density at radius 2 is 1.71 bits per heavy atom. The number of hydrogen-bond donors (Lipinski definition) is 3. The van der Waals surface area contributed by atoms with Crippen molar-refractivity contribution in [3.05, 3.63) is 94.6 Å². The van der Waals surface area contributed by atoms with Gasteiger partial charge in [0.25, 0.3) is 0 Å². The summed E-state index contributed by atoms with van der Waals surface area (Å²) < 4.78 is 38.3. The van der Waals surface area contributed by atoms with E-state index in [4.69, 9.17) is 9.47 Å². The molecular weight excluding hydrogens is 490 g/mol. The summed E-state index contributed by atoms with van der Waals surface area (Å²) in [6.45, 7) is 3.06. The van der Waals surface area contributed by atoms with Crippen LogP contribution in [-0.2, 0) is 30.6 Å². The molecule has 0 saturated carbocycles. The lowest BCUT2D eigenvalue weighted by Gasteiger charge is -2.25. The van der Waals surface area contributed by atoms with Crippen molar-refractivity contribution < 1.29 is 28.2 Å². The molecule has 3 aromatic carbocycles. The van der Waals surface area contributed by atoms with E-state index in [9.17, 15) is 18.7 Å². The molecule has 38 heavy (non-hydrogen) atoms. The Bertz CT molecular complexity index is 1220. The van der Waals surface area contributed by atoms with Gasteiger partial charge in [0, 0.05) is 25.6 Å². The number of ether oxygens (including phenoxy) is 2. The summed E-state index contributed by atoms with van der Waals surface area (Å²) in [7, 11) is 0. The molecule has 0 radical (unpaired) electrons. The average molecular weight is 525 g/mol. The van der Waals surface area contributed by atoms with Crippen molar-refractivity contribution in [3.63, 3.8) is 0 Å². The van der Waals surface area contributed by atoms with E-state index in [2.05, 4.69) is 29.7 Å². The molecule has 0 aromatic heterocycles. The van der Waals surface area contributed by atoms with E-state index in [0.29, 0.717) is 36.4 Å². The van der Waals surface area contributed by atoms with Crippen LogP contribution in [0, 0.1) is 11.6 Å². The topological polar surface area (TPSA) is 79.8 Å². The molecule has 0 aliphatic carbocycles. The first kappa shape index (κ1) is 27.5. The third kappa shape index (κ3) is 8.00. The van der Waals surface area contributed by atoms with Gasteiger partial charge < -0.3 is 25.2 Å². The van der Waals surface area contributed by atoms with Gasteiger partial charge >= 0.3 is 0 Å². The predicted octanol–water partition coefficient (Wildman–Crippen LogP) is 4.46. The Kier molecular flexibility index (Phi) is 9.67. The molecule has 4 rings (SSSR count). The zero-order chi connectivity index (χ0) is 26.9. The summed E-state index contributed by atoms with van der Waals surface area (Å²) >= 11 is 0. The van der Waals surface area contributed by atoms with E-state index >= 15 is 0 Å². The molecule has 1 amide bonds. The number of rotatable bonds is 13. The zero-order valence-corrected chi connectivity index (χ0v) is 21.5. The highest BCUT2D eigenvalue weighted by atomic mass is 19.1. The minimum absolute atomic E-state index is 0.0940. The van der Waals surface area contributed by atoms with Crippen molar-refractivity contribution in [3.8, 4) is 11.5 Å². The van der Waals surface area contributed by atoms with Crippen LogP contribution in [0.4, 0.5) is 8.78 Å². The second-order valence-corrected chi connectivity index (χ2v) is 9.57. The van der Waals surface area contributed by atoms with Crippen LogP contribution in [0.1, 0.15) is 42.0 Å². The number of aliphatic hydroxyl groups excluding tert-OH is 1. The highest BCUT2D eigenvalue weighted by Gasteiger charge is 2.22. The first-order valence-corrected chi connectivity index (χ1v) is 13.0. The van der Waals surface area contributed by atoms with Crippen LogP contribution >= 0.6 is 0 Å². The lowest BCUT2D eigenvalue weighted by molar-refractivity contribution is -0.122. The summed E-state index contributed by atoms with van der Waals surface area (Å²) in [6.07, 6.45) is 1.57. The van der Waals surface area contributed by atoms with Gasteiger partial charge in [-0.25, -0.2) is 8.78 Å². The van der Waals surface area contributed by atoms with Gasteiger partial charge in [-0.3, -0.25) is 4.79 Å². The molecule has 202 valence electrons. The molecule has 0 bridgehead atoms. The summed E-state index contributed by atoms with van der Waals surface area (Å²) in [6, 6.07) is 16.4. The SMILES string of the molecule is CCc1cccc(CNCC(O)C(Cc2cc(F)cc(F)c2)NC(=O)CCCc2ccc3c(c2)OCO3)c1. The summed E-state index contributed by atoms with van der Waals surface area (Å²) in [5, 5.41) is 17.0. The third-order valence-electron chi connectivity index (χ3n) is 6.58. The number of benzene rings is 3. The van der Waals surface area contributed by atoms with Gasteiger partial charge in [0.2, 0.25) is 12.7 Å². The molecule has 0 spiro atoms. The highest BCUT2D eigenvalue weighted by molar-refractivity contribution is 5.76. The molecule has 3 N–H and O–H groups in total. The van der Waals surface area contributed by atoms with Crippen LogP contribution in [-0.4, -0.2) is 36.5 Å². The van der Waals surface area contributed by atoms with Crippen molar-refractivity contribution >= 4 is 5.91 Å². The van der Waals surface area contributed by atoms with Crippen LogP contribution in [0.15, 0.2) is 60.7 Å². The fourth-order valence-electron chi connectivity index (χ4n) is 4.56. The number of aliphatic hydroxyl groups is 1. The number of halogens is 2. The van der Waals surface area contributed by atoms with Gasteiger partial charge in [-0.15, -0.1) is 0 Å². The lowest BCUT2D eigenvalue weighted by Crippen LogP contribution is -2.48. The zero-order valence-electron chi connectivity index (χ0n) is 21.5. The highest BCUT2D eigenvalue weighted by Crippen LogP contribution is 2.32. The second kappa shape index (κ2) is 13.3. The molecule has 1 aliphatic rings. The van der Waals surface area contributed by atoms with E-state index in [-0.39, 0.29) is 32.1 Å². The summed E-state index contributed by atoms with van der Waals surface area (Å²) in [5.41, 5.74) is 3.71. The Morgan fingerprint density at radius 3 is 2.50 bits per heavy atom. The number of aryl methyl sites for hydroxylation is 2. The first-order chi connectivity index (χ1) is 18.4. The van der Waals surface area contributed by atoms with Gasteiger partial charge in [-0.1, -0.05) is 37.3 Å². The van der Waals surface area contributed by atoms with Crippen LogP contribution in [0.3, 0.4) is 0 Å². The average Bonchev–Trinajstić information content (AvgIpc) is 3.36. The number of carbonyl (C=O) groups is 1.